The summed E-state index contributed by atoms with van der Waals surface area (Å²) >= 11 is 0. The van der Waals surface area contributed by atoms with Crippen molar-refractivity contribution in [2.24, 2.45) is 5.73 Å². The molecule has 0 radical (unpaired) electrons. The fourth-order valence-electron chi connectivity index (χ4n) is 1.80. The molecule has 0 aliphatic rings. The lowest BCUT2D eigenvalue weighted by molar-refractivity contribution is 0.100. The van der Waals surface area contributed by atoms with Gasteiger partial charge < -0.3 is 10.2 Å². The maximum Gasteiger partial charge on any atom is 0.252 e. The molecule has 3 aromatic rings. The van der Waals surface area contributed by atoms with Gasteiger partial charge in [-0.1, -0.05) is 24.3 Å². The maximum absolute atomic E-state index is 11.0. The molecular weight excluding hydrogens is 178 g/mol. The molecule has 0 aliphatic heterocycles. The van der Waals surface area contributed by atoms with Gasteiger partial charge in [0.25, 0.3) is 5.91 Å². The number of furan rings is 2. The van der Waals surface area contributed by atoms with Crippen molar-refractivity contribution in [3.05, 3.63) is 35.9 Å². The number of nitrogens with two attached hydrogens (primary N) is 1. The minimum Gasteiger partial charge on any atom is -0.455 e. The van der Waals surface area contributed by atoms with Gasteiger partial charge in [0, 0.05) is 10.8 Å². The largest absolute Gasteiger partial charge is 0.455 e. The van der Waals surface area contributed by atoms with Gasteiger partial charge in [-0.05, 0) is 6.07 Å². The van der Waals surface area contributed by atoms with E-state index in [1.54, 1.807) is 6.07 Å². The topological polar surface area (TPSA) is 56.2 Å². The minimum absolute atomic E-state index is 0.440. The molecule has 0 fully saturated rings. The van der Waals surface area contributed by atoms with Crippen LogP contribution in [0, 0.1) is 0 Å². The van der Waals surface area contributed by atoms with Crippen molar-refractivity contribution in [3.63, 3.8) is 0 Å². The van der Waals surface area contributed by atoms with Crippen molar-refractivity contribution in [1.29, 1.82) is 0 Å². The molecule has 0 aliphatic carbocycles. The van der Waals surface area contributed by atoms with E-state index in [4.69, 9.17) is 10.2 Å². The van der Waals surface area contributed by atoms with E-state index in [0.717, 1.165) is 16.4 Å². The first-order valence-corrected chi connectivity index (χ1v) is 4.31. The molecule has 1 aromatic carbocycles. The van der Waals surface area contributed by atoms with Crippen LogP contribution in [0.4, 0.5) is 0 Å². The van der Waals surface area contributed by atoms with Crippen molar-refractivity contribution in [2.75, 3.05) is 0 Å². The maximum atomic E-state index is 11.0. The summed E-state index contributed by atoms with van der Waals surface area (Å²) in [6, 6.07) is 9.43. The third-order valence-electron chi connectivity index (χ3n) is 2.43. The quantitative estimate of drug-likeness (QED) is 0.631. The molecule has 2 heterocycles. The third kappa shape index (κ3) is 0.738. The molecule has 14 heavy (non-hydrogen) atoms. The van der Waals surface area contributed by atoms with Crippen molar-refractivity contribution >= 4 is 27.8 Å². The fraction of sp³-hybridized carbons (Fsp3) is 0. The second-order valence-corrected chi connectivity index (χ2v) is 3.26. The molecule has 0 saturated heterocycles. The Labute approximate surface area is 79.4 Å². The van der Waals surface area contributed by atoms with Crippen LogP contribution in [0.2, 0.25) is 0 Å². The lowest BCUT2D eigenvalue weighted by atomic mass is 10.1. The van der Waals surface area contributed by atoms with Gasteiger partial charge in [0.2, 0.25) is 0 Å². The van der Waals surface area contributed by atoms with Crippen LogP contribution >= 0.6 is 0 Å². The smallest absolute Gasteiger partial charge is 0.252 e. The summed E-state index contributed by atoms with van der Waals surface area (Å²) < 4.78 is 5.46. The van der Waals surface area contributed by atoms with Gasteiger partial charge in [-0.25, -0.2) is 0 Å². The molecule has 3 heteroatoms. The second kappa shape index (κ2) is 2.26. The summed E-state index contributed by atoms with van der Waals surface area (Å²) in [5.74, 6) is -0.440. The molecule has 2 aromatic heterocycles. The van der Waals surface area contributed by atoms with Crippen LogP contribution in [0.15, 0.2) is 34.7 Å². The van der Waals surface area contributed by atoms with Crippen molar-refractivity contribution in [1.82, 2.24) is 0 Å². The Morgan fingerprint density at radius 3 is 2.64 bits per heavy atom. The fourth-order valence-corrected chi connectivity index (χ4v) is 1.80. The highest BCUT2D eigenvalue weighted by Gasteiger charge is 2.17. The van der Waals surface area contributed by atoms with Crippen LogP contribution < -0.4 is 5.73 Å². The number of hydrogen-bond donors (Lipinski definition) is 1. The number of primary amides is 1. The summed E-state index contributed by atoms with van der Waals surface area (Å²) in [7, 11) is 0. The van der Waals surface area contributed by atoms with Crippen LogP contribution in [0.1, 0.15) is 10.4 Å². The number of carbonyl (C=O) groups excluding carboxylic acids is 1. The van der Waals surface area contributed by atoms with E-state index < -0.39 is 5.91 Å². The average Bonchev–Trinajstić information content (AvgIpc) is 2.75. The van der Waals surface area contributed by atoms with Gasteiger partial charge in [-0.2, -0.15) is 0 Å². The number of amides is 1. The van der Waals surface area contributed by atoms with Crippen LogP contribution in [0.3, 0.4) is 0 Å². The van der Waals surface area contributed by atoms with Crippen molar-refractivity contribution in [2.45, 2.75) is 0 Å². The van der Waals surface area contributed by atoms with Gasteiger partial charge in [0.1, 0.15) is 11.2 Å². The first-order chi connectivity index (χ1) is 6.77. The van der Waals surface area contributed by atoms with Gasteiger partial charge in [0.15, 0.2) is 0 Å². The van der Waals surface area contributed by atoms with E-state index in [1.165, 1.54) is 0 Å². The Balaban J connectivity index is 2.52. The highest BCUT2D eigenvalue weighted by Crippen LogP contribution is 2.34. The highest BCUT2D eigenvalue weighted by molar-refractivity contribution is 6.16. The summed E-state index contributed by atoms with van der Waals surface area (Å²) in [6.45, 7) is 0. The zero-order valence-corrected chi connectivity index (χ0v) is 7.28. The van der Waals surface area contributed by atoms with E-state index in [2.05, 4.69) is 0 Å². The third-order valence-corrected chi connectivity index (χ3v) is 2.43. The predicted octanol–water partition coefficient (Wildman–Crippen LogP) is 2.12. The number of carbonyl (C=O) groups is 1. The number of rotatable bonds is 1. The Morgan fingerprint density at radius 1 is 1.21 bits per heavy atom. The summed E-state index contributed by atoms with van der Waals surface area (Å²) in [6.07, 6.45) is 0. The molecule has 0 unspecified atom stereocenters. The van der Waals surface area contributed by atoms with E-state index in [0.29, 0.717) is 11.1 Å². The highest BCUT2D eigenvalue weighted by atomic mass is 16.3. The average molecular weight is 185 g/mol. The zero-order chi connectivity index (χ0) is 9.71. The molecule has 0 saturated carbocycles. The van der Waals surface area contributed by atoms with Crippen LogP contribution in [-0.2, 0) is 0 Å². The Morgan fingerprint density at radius 2 is 1.93 bits per heavy atom. The molecule has 2 bridgehead atoms. The summed E-state index contributed by atoms with van der Waals surface area (Å²) in [5.41, 5.74) is 7.02. The van der Waals surface area contributed by atoms with E-state index in [9.17, 15) is 4.79 Å². The minimum atomic E-state index is -0.440. The predicted molar refractivity (Wildman–Crippen MR) is 53.4 cm³/mol. The van der Waals surface area contributed by atoms with Crippen LogP contribution in [0.25, 0.3) is 21.9 Å². The van der Waals surface area contributed by atoms with Crippen molar-refractivity contribution in [3.8, 4) is 0 Å². The number of hydrogen-bond acceptors (Lipinski definition) is 2. The summed E-state index contributed by atoms with van der Waals surface area (Å²) in [5, 5.41) is 1.99. The lowest BCUT2D eigenvalue weighted by Crippen LogP contribution is -2.10. The Bertz CT molecular complexity index is 624. The van der Waals surface area contributed by atoms with Crippen LogP contribution in [0.5, 0.6) is 0 Å². The molecule has 3 rings (SSSR count). The number of fused-ring (bicyclic) bond motifs is 5. The first-order valence-electron chi connectivity index (χ1n) is 4.31. The number of benzene rings is 2. The van der Waals surface area contributed by atoms with E-state index >= 15 is 0 Å². The molecule has 3 nitrogen and oxygen atoms in total. The van der Waals surface area contributed by atoms with Gasteiger partial charge in [0.05, 0.1) is 5.56 Å². The Hall–Kier alpha value is -2.03. The SMILES string of the molecule is NC(=O)c1cc2oc1c1ccccc21. The summed E-state index contributed by atoms with van der Waals surface area (Å²) in [4.78, 5) is 11.0. The Kier molecular flexibility index (Phi) is 1.19. The lowest BCUT2D eigenvalue weighted by Gasteiger charge is -1.93. The molecular formula is C11H7NO2. The van der Waals surface area contributed by atoms with Crippen LogP contribution in [-0.4, -0.2) is 5.91 Å². The molecule has 68 valence electrons. The standard InChI is InChI=1S/C11H7NO2/c12-11(13)8-5-9-6-3-1-2-4-7(6)10(8)14-9/h1-5H,(H2,12,13). The molecule has 1 amide bonds. The molecule has 0 atom stereocenters. The van der Waals surface area contributed by atoms with E-state index in [-0.39, 0.29) is 0 Å². The molecule has 0 spiro atoms. The molecule has 2 N–H and O–H groups in total. The normalized spacial score (nSPS) is 11.4. The first kappa shape index (κ1) is 7.38. The van der Waals surface area contributed by atoms with Gasteiger partial charge >= 0.3 is 0 Å². The monoisotopic (exact) mass is 185 g/mol. The zero-order valence-electron chi connectivity index (χ0n) is 7.28. The van der Waals surface area contributed by atoms with Crippen molar-refractivity contribution < 1.29 is 9.21 Å². The van der Waals surface area contributed by atoms with Gasteiger partial charge in [-0.3, -0.25) is 4.79 Å². The van der Waals surface area contributed by atoms with Gasteiger partial charge in [-0.15, -0.1) is 0 Å². The second-order valence-electron chi connectivity index (χ2n) is 3.26. The van der Waals surface area contributed by atoms with E-state index in [1.807, 2.05) is 24.3 Å².